The molecule has 0 atom stereocenters. The van der Waals surface area contributed by atoms with Crippen molar-refractivity contribution < 1.29 is 21.4 Å². The third-order valence-electron chi connectivity index (χ3n) is 10.3. The average molecular weight is 710 g/mol. The molecule has 0 spiro atoms. The molecule has 12 heteroatoms. The Balaban J connectivity index is 1.34. The molecule has 4 heterocycles. The minimum Gasteiger partial charge on any atom is -0.326 e. The van der Waals surface area contributed by atoms with E-state index in [-0.39, 0.29) is 0 Å². The molecule has 0 unspecified atom stereocenters. The Morgan fingerprint density at radius 2 is 1.18 bits per heavy atom. The lowest BCUT2D eigenvalue weighted by atomic mass is 10.2. The molecule has 3 aliphatic rings. The minimum absolute atomic E-state index is 0.355. The second-order valence-corrected chi connectivity index (χ2v) is 17.0. The number of anilines is 2. The number of fused-ring (bicyclic) bond motifs is 2. The van der Waals surface area contributed by atoms with Gasteiger partial charge in [0.2, 0.25) is 20.0 Å². The number of benzene rings is 2. The second-order valence-electron chi connectivity index (χ2n) is 13.2. The third-order valence-corrected chi connectivity index (χ3v) is 14.1. The molecule has 0 N–H and O–H groups in total. The molecular formula is C37H53N6O4S2+. The zero-order valence-electron chi connectivity index (χ0n) is 29.6. The largest absolute Gasteiger partial charge is 0.326 e. The Morgan fingerprint density at radius 3 is 1.71 bits per heavy atom. The molecule has 0 saturated carbocycles. The fraction of sp³-hybridized carbons (Fsp3) is 0.541. The van der Waals surface area contributed by atoms with Crippen LogP contribution in [0.15, 0.2) is 64.2 Å². The summed E-state index contributed by atoms with van der Waals surface area (Å²) in [5, 5.41) is 0. The molecule has 266 valence electrons. The van der Waals surface area contributed by atoms with Crippen molar-refractivity contribution >= 4 is 48.5 Å². The van der Waals surface area contributed by atoms with Gasteiger partial charge in [0, 0.05) is 51.4 Å². The maximum absolute atomic E-state index is 13.7. The monoisotopic (exact) mass is 709 g/mol. The molecule has 1 aromatic heterocycles. The molecule has 0 amide bonds. The highest BCUT2D eigenvalue weighted by molar-refractivity contribution is 7.89. The zero-order valence-corrected chi connectivity index (χ0v) is 31.3. The Hall–Kier alpha value is -3.19. The van der Waals surface area contributed by atoms with Crippen LogP contribution < -0.4 is 14.4 Å². The highest BCUT2D eigenvalue weighted by Gasteiger charge is 2.33. The number of hydrogen-bond acceptors (Lipinski definition) is 6. The standard InChI is InChI=1S/C37H53N6O4S2/c1-5-40-32-22-20-30(48(44,45)38-24-13-9-10-14-25-38)28-34(32)42(7-3)36(40)18-17-19-37-41(6-2)33-23-21-31(29-35(33)43(37)8-4)49(46,47)39-26-15-11-12-16-27-39/h17-23,28-29H,5-16,24-27H2,1-4H3/q+1. The van der Waals surface area contributed by atoms with Gasteiger partial charge in [-0.15, -0.1) is 0 Å². The number of rotatable bonds is 10. The normalized spacial score (nSPS) is 19.6. The van der Waals surface area contributed by atoms with Crippen molar-refractivity contribution in [1.82, 2.24) is 13.2 Å². The van der Waals surface area contributed by atoms with Crippen molar-refractivity contribution in [3.63, 3.8) is 0 Å². The van der Waals surface area contributed by atoms with E-state index < -0.39 is 20.0 Å². The summed E-state index contributed by atoms with van der Waals surface area (Å²) in [6, 6.07) is 11.1. The number of aryl methyl sites for hydroxylation is 2. The molecular weight excluding hydrogens is 657 g/mol. The SMILES string of the molecule is CCN1/C(=C\C=C\c2n(CC)c3cc(S(=O)(=O)N4CCCCCC4)ccc3[n+]2CC)N(CC)c2cc(S(=O)(=O)N3CCCCCC3)ccc21. The van der Waals surface area contributed by atoms with E-state index in [2.05, 4.69) is 64.9 Å². The van der Waals surface area contributed by atoms with E-state index in [1.165, 1.54) is 0 Å². The molecule has 3 aromatic rings. The van der Waals surface area contributed by atoms with Crippen LogP contribution in [0.25, 0.3) is 17.1 Å². The van der Waals surface area contributed by atoms with Crippen molar-refractivity contribution in [2.75, 3.05) is 49.1 Å². The van der Waals surface area contributed by atoms with Crippen molar-refractivity contribution in [3.8, 4) is 0 Å². The number of hydrogen-bond donors (Lipinski definition) is 0. The summed E-state index contributed by atoms with van der Waals surface area (Å²) in [5.41, 5.74) is 3.82. The number of aromatic nitrogens is 2. The van der Waals surface area contributed by atoms with Crippen LogP contribution in [0.2, 0.25) is 0 Å². The predicted molar refractivity (Wildman–Crippen MR) is 198 cm³/mol. The second kappa shape index (κ2) is 15.0. The van der Waals surface area contributed by atoms with Crippen molar-refractivity contribution in [2.24, 2.45) is 0 Å². The lowest BCUT2D eigenvalue weighted by molar-refractivity contribution is -0.670. The maximum atomic E-state index is 13.7. The lowest BCUT2D eigenvalue weighted by Gasteiger charge is -2.23. The first-order valence-corrected chi connectivity index (χ1v) is 21.2. The van der Waals surface area contributed by atoms with Crippen LogP contribution in [-0.2, 0) is 33.1 Å². The lowest BCUT2D eigenvalue weighted by Crippen LogP contribution is -2.35. The number of sulfonamides is 2. The fourth-order valence-corrected chi connectivity index (χ4v) is 10.8. The molecule has 2 fully saturated rings. The van der Waals surface area contributed by atoms with Crippen LogP contribution in [0.1, 0.15) is 84.9 Å². The summed E-state index contributed by atoms with van der Waals surface area (Å²) in [6.45, 7) is 13.6. The van der Waals surface area contributed by atoms with Crippen molar-refractivity contribution in [2.45, 2.75) is 102 Å². The molecule has 10 nitrogen and oxygen atoms in total. The van der Waals surface area contributed by atoms with Crippen LogP contribution in [0, 0.1) is 0 Å². The topological polar surface area (TPSA) is 90.0 Å². The molecule has 0 radical (unpaired) electrons. The van der Waals surface area contributed by atoms with Gasteiger partial charge >= 0.3 is 0 Å². The number of allylic oxidation sites excluding steroid dienone is 2. The Morgan fingerprint density at radius 1 is 0.653 bits per heavy atom. The van der Waals surface area contributed by atoms with Gasteiger partial charge in [-0.3, -0.25) is 0 Å². The van der Waals surface area contributed by atoms with Gasteiger partial charge in [-0.2, -0.15) is 8.61 Å². The van der Waals surface area contributed by atoms with Gasteiger partial charge in [-0.05, 0) is 89.8 Å². The number of nitrogens with zero attached hydrogens (tertiary/aromatic N) is 6. The molecule has 6 rings (SSSR count). The first kappa shape index (κ1) is 35.6. The average Bonchev–Trinajstić information content (AvgIpc) is 3.30. The Kier molecular flexibility index (Phi) is 10.9. The van der Waals surface area contributed by atoms with Crippen LogP contribution in [0.5, 0.6) is 0 Å². The summed E-state index contributed by atoms with van der Waals surface area (Å²) < 4.78 is 62.5. The quantitative estimate of drug-likeness (QED) is 0.229. The molecule has 0 bridgehead atoms. The first-order chi connectivity index (χ1) is 23.7. The van der Waals surface area contributed by atoms with Gasteiger partial charge in [0.05, 0.1) is 34.3 Å². The van der Waals surface area contributed by atoms with Crippen LogP contribution >= 0.6 is 0 Å². The molecule has 0 aliphatic carbocycles. The van der Waals surface area contributed by atoms with Gasteiger partial charge < -0.3 is 9.80 Å². The Bertz CT molecular complexity index is 1930. The van der Waals surface area contributed by atoms with Crippen molar-refractivity contribution in [1.29, 1.82) is 0 Å². The van der Waals surface area contributed by atoms with Crippen LogP contribution in [0.3, 0.4) is 0 Å². The van der Waals surface area contributed by atoms with Crippen molar-refractivity contribution in [3.05, 3.63) is 60.2 Å². The van der Waals surface area contributed by atoms with Crippen LogP contribution in [0.4, 0.5) is 11.4 Å². The molecule has 2 saturated heterocycles. The molecule has 2 aromatic carbocycles. The minimum atomic E-state index is -3.57. The summed E-state index contributed by atoms with van der Waals surface area (Å²) in [6.07, 6.45) is 14.2. The van der Waals surface area contributed by atoms with E-state index in [1.807, 2.05) is 24.3 Å². The summed E-state index contributed by atoms with van der Waals surface area (Å²) in [7, 11) is -7.15. The van der Waals surface area contributed by atoms with E-state index >= 15 is 0 Å². The first-order valence-electron chi connectivity index (χ1n) is 18.3. The zero-order chi connectivity index (χ0) is 34.8. The van der Waals surface area contributed by atoms with E-state index in [0.717, 1.165) is 98.5 Å². The van der Waals surface area contributed by atoms with E-state index in [9.17, 15) is 16.8 Å². The summed E-state index contributed by atoms with van der Waals surface area (Å²) in [5.74, 6) is 1.99. The summed E-state index contributed by atoms with van der Waals surface area (Å²) in [4.78, 5) is 5.13. The van der Waals surface area contributed by atoms with Gasteiger partial charge in [-0.25, -0.2) is 26.0 Å². The smallest absolute Gasteiger partial charge is 0.282 e. The third kappa shape index (κ3) is 6.69. The molecule has 3 aliphatic heterocycles. The molecule has 49 heavy (non-hydrogen) atoms. The maximum Gasteiger partial charge on any atom is 0.282 e. The van der Waals surface area contributed by atoms with Crippen LogP contribution in [-0.4, -0.2) is 69.3 Å². The Labute approximate surface area is 293 Å². The van der Waals surface area contributed by atoms with Gasteiger partial charge in [0.15, 0.2) is 11.0 Å². The van der Waals surface area contributed by atoms with Gasteiger partial charge in [0.1, 0.15) is 5.82 Å². The van der Waals surface area contributed by atoms with Gasteiger partial charge in [0.25, 0.3) is 5.82 Å². The highest BCUT2D eigenvalue weighted by atomic mass is 32.2. The van der Waals surface area contributed by atoms with Gasteiger partial charge in [-0.1, -0.05) is 31.8 Å². The highest BCUT2D eigenvalue weighted by Crippen LogP contribution is 2.43. The number of imidazole rings is 1. The van der Waals surface area contributed by atoms with E-state index in [4.69, 9.17) is 0 Å². The van der Waals surface area contributed by atoms with E-state index in [1.54, 1.807) is 20.7 Å². The van der Waals surface area contributed by atoms with E-state index in [0.29, 0.717) is 49.1 Å². The predicted octanol–water partition coefficient (Wildman–Crippen LogP) is 6.32. The summed E-state index contributed by atoms with van der Waals surface area (Å²) >= 11 is 0. The fourth-order valence-electron chi connectivity index (χ4n) is 7.77.